The third-order valence-electron chi connectivity index (χ3n) is 2.77. The van der Waals surface area contributed by atoms with E-state index in [2.05, 4.69) is 74.9 Å². The highest BCUT2D eigenvalue weighted by Crippen LogP contribution is 2.31. The lowest BCUT2D eigenvalue weighted by Gasteiger charge is -1.99. The zero-order chi connectivity index (χ0) is 13.7. The van der Waals surface area contributed by atoms with Gasteiger partial charge in [0.2, 0.25) is 0 Å². The molecule has 0 spiro atoms. The minimum Gasteiger partial charge on any atom is -0.120 e. The van der Waals surface area contributed by atoms with Gasteiger partial charge >= 0.3 is 0 Å². The van der Waals surface area contributed by atoms with Crippen LogP contribution in [0.15, 0.2) is 37.9 Å². The number of hydrogen-bond donors (Lipinski definition) is 0. The maximum Gasteiger partial charge on any atom is 0.0866 e. The summed E-state index contributed by atoms with van der Waals surface area (Å²) in [5, 5.41) is 0. The first-order chi connectivity index (χ1) is 9.19. The van der Waals surface area contributed by atoms with Gasteiger partial charge in [0.05, 0.1) is 13.1 Å². The van der Waals surface area contributed by atoms with Crippen molar-refractivity contribution in [2.24, 2.45) is 0 Å². The monoisotopic (exact) mass is 396 g/mol. The van der Waals surface area contributed by atoms with Gasteiger partial charge in [-0.2, -0.15) is 0 Å². The number of aryl methyl sites for hydroxylation is 1. The Morgan fingerprint density at radius 3 is 2.42 bits per heavy atom. The van der Waals surface area contributed by atoms with E-state index in [9.17, 15) is 0 Å². The van der Waals surface area contributed by atoms with Crippen LogP contribution in [0.25, 0.3) is 0 Å². The van der Waals surface area contributed by atoms with Crippen molar-refractivity contribution in [1.82, 2.24) is 0 Å². The molecule has 0 unspecified atom stereocenters. The molecule has 0 N–H and O–H groups in total. The van der Waals surface area contributed by atoms with Gasteiger partial charge in [0.15, 0.2) is 0 Å². The Morgan fingerprint density at radius 2 is 1.84 bits per heavy atom. The van der Waals surface area contributed by atoms with Crippen LogP contribution in [0.1, 0.15) is 36.5 Å². The van der Waals surface area contributed by atoms with Crippen molar-refractivity contribution >= 4 is 43.2 Å². The quantitative estimate of drug-likeness (QED) is 0.555. The van der Waals surface area contributed by atoms with Crippen LogP contribution >= 0.6 is 43.2 Å². The summed E-state index contributed by atoms with van der Waals surface area (Å²) in [7, 11) is 0. The molecule has 0 amide bonds. The molecule has 0 saturated heterocycles. The lowest BCUT2D eigenvalue weighted by molar-refractivity contribution is 0.795. The molecular formula is C16H14Br2S. The minimum absolute atomic E-state index is 1.03. The number of rotatable bonds is 3. The molecule has 0 nitrogen and oxygen atoms in total. The summed E-state index contributed by atoms with van der Waals surface area (Å²) in [6.45, 7) is 2.22. The standard InChI is InChI=1S/C16H14Br2S/c1-2-3-4-12-5-7-13(8-6-12)9-10-14-11-15(17)19-16(14)18/h5-8,11H,2-4H2,1H3. The molecule has 0 aliphatic heterocycles. The second-order valence-corrected chi connectivity index (χ2v) is 8.04. The fraction of sp³-hybridized carbons (Fsp3) is 0.250. The summed E-state index contributed by atoms with van der Waals surface area (Å²) < 4.78 is 2.17. The van der Waals surface area contributed by atoms with Gasteiger partial charge in [-0.3, -0.25) is 0 Å². The van der Waals surface area contributed by atoms with E-state index >= 15 is 0 Å². The number of halogens is 2. The van der Waals surface area contributed by atoms with E-state index in [0.717, 1.165) is 25.1 Å². The van der Waals surface area contributed by atoms with Crippen molar-refractivity contribution in [3.8, 4) is 11.8 Å². The molecule has 0 aliphatic rings. The number of benzene rings is 1. The van der Waals surface area contributed by atoms with Crippen LogP contribution in [0.2, 0.25) is 0 Å². The zero-order valence-corrected chi connectivity index (χ0v) is 14.7. The molecule has 2 aromatic rings. The predicted molar refractivity (Wildman–Crippen MR) is 90.8 cm³/mol. The molecule has 0 radical (unpaired) electrons. The van der Waals surface area contributed by atoms with Crippen LogP contribution in [0.3, 0.4) is 0 Å². The van der Waals surface area contributed by atoms with E-state index in [1.165, 1.54) is 18.4 Å². The fourth-order valence-electron chi connectivity index (χ4n) is 1.70. The topological polar surface area (TPSA) is 0 Å². The zero-order valence-electron chi connectivity index (χ0n) is 10.7. The molecule has 19 heavy (non-hydrogen) atoms. The molecule has 98 valence electrons. The molecule has 1 aromatic carbocycles. The van der Waals surface area contributed by atoms with E-state index in [4.69, 9.17) is 0 Å². The van der Waals surface area contributed by atoms with E-state index in [1.807, 2.05) is 6.07 Å². The van der Waals surface area contributed by atoms with Gasteiger partial charge in [-0.15, -0.1) is 11.3 Å². The third-order valence-corrected chi connectivity index (χ3v) is 5.11. The summed E-state index contributed by atoms with van der Waals surface area (Å²) in [5.41, 5.74) is 3.49. The van der Waals surface area contributed by atoms with Gasteiger partial charge < -0.3 is 0 Å². The molecule has 3 heteroatoms. The Labute approximate surface area is 135 Å². The molecule has 0 bridgehead atoms. The number of unbranched alkanes of at least 4 members (excludes halogenated alkanes) is 1. The maximum absolute atomic E-state index is 3.52. The van der Waals surface area contributed by atoms with Crippen molar-refractivity contribution in [3.63, 3.8) is 0 Å². The molecule has 0 saturated carbocycles. The van der Waals surface area contributed by atoms with Gasteiger partial charge in [-0.25, -0.2) is 0 Å². The summed E-state index contributed by atoms with van der Waals surface area (Å²) in [5.74, 6) is 6.40. The van der Waals surface area contributed by atoms with Crippen LogP contribution < -0.4 is 0 Å². The number of thiophene rings is 1. The second-order valence-electron chi connectivity index (χ2n) is 4.29. The van der Waals surface area contributed by atoms with Gasteiger partial charge in [0.1, 0.15) is 0 Å². The SMILES string of the molecule is CCCCc1ccc(C#Cc2cc(Br)sc2Br)cc1. The van der Waals surface area contributed by atoms with E-state index in [0.29, 0.717) is 0 Å². The lowest BCUT2D eigenvalue weighted by atomic mass is 10.1. The third kappa shape index (κ3) is 4.49. The van der Waals surface area contributed by atoms with Crippen LogP contribution in [0.4, 0.5) is 0 Å². The van der Waals surface area contributed by atoms with Crippen molar-refractivity contribution in [3.05, 3.63) is 54.6 Å². The minimum atomic E-state index is 1.03. The highest BCUT2D eigenvalue weighted by molar-refractivity contribution is 9.12. The molecule has 1 aromatic heterocycles. The Balaban J connectivity index is 2.10. The van der Waals surface area contributed by atoms with Crippen LogP contribution in [-0.4, -0.2) is 0 Å². The van der Waals surface area contributed by atoms with Crippen molar-refractivity contribution in [1.29, 1.82) is 0 Å². The Kier molecular flexibility index (Phi) is 5.69. The van der Waals surface area contributed by atoms with Crippen LogP contribution in [0, 0.1) is 11.8 Å². The largest absolute Gasteiger partial charge is 0.120 e. The summed E-state index contributed by atoms with van der Waals surface area (Å²) in [4.78, 5) is 0. The van der Waals surface area contributed by atoms with Crippen LogP contribution in [0.5, 0.6) is 0 Å². The van der Waals surface area contributed by atoms with E-state index < -0.39 is 0 Å². The predicted octanol–water partition coefficient (Wildman–Crippen LogP) is 6.02. The first-order valence-electron chi connectivity index (χ1n) is 6.25. The number of hydrogen-bond acceptors (Lipinski definition) is 1. The van der Waals surface area contributed by atoms with Crippen molar-refractivity contribution < 1.29 is 0 Å². The first kappa shape index (κ1) is 14.8. The summed E-state index contributed by atoms with van der Waals surface area (Å²) >= 11 is 8.63. The maximum atomic E-state index is 3.52. The normalized spacial score (nSPS) is 10.1. The van der Waals surface area contributed by atoms with E-state index in [-0.39, 0.29) is 0 Å². The van der Waals surface area contributed by atoms with Crippen molar-refractivity contribution in [2.75, 3.05) is 0 Å². The average molecular weight is 398 g/mol. The Morgan fingerprint density at radius 1 is 1.11 bits per heavy atom. The van der Waals surface area contributed by atoms with E-state index in [1.54, 1.807) is 11.3 Å². The Bertz CT molecular complexity index is 600. The highest BCUT2D eigenvalue weighted by Gasteiger charge is 2.01. The van der Waals surface area contributed by atoms with Gasteiger partial charge in [0, 0.05) is 5.56 Å². The lowest BCUT2D eigenvalue weighted by Crippen LogP contribution is -1.84. The van der Waals surface area contributed by atoms with Crippen molar-refractivity contribution in [2.45, 2.75) is 26.2 Å². The molecule has 2 rings (SSSR count). The summed E-state index contributed by atoms with van der Waals surface area (Å²) in [6.07, 6.45) is 3.65. The first-order valence-corrected chi connectivity index (χ1v) is 8.65. The van der Waals surface area contributed by atoms with Crippen LogP contribution in [-0.2, 0) is 6.42 Å². The van der Waals surface area contributed by atoms with Gasteiger partial charge in [0.25, 0.3) is 0 Å². The van der Waals surface area contributed by atoms with Gasteiger partial charge in [-0.1, -0.05) is 37.3 Å². The highest BCUT2D eigenvalue weighted by atomic mass is 79.9. The second kappa shape index (κ2) is 7.28. The smallest absolute Gasteiger partial charge is 0.0866 e. The fourth-order valence-corrected chi connectivity index (χ4v) is 4.37. The van der Waals surface area contributed by atoms with Gasteiger partial charge in [-0.05, 0) is 68.5 Å². The Hall–Kier alpha value is -0.560. The molecule has 1 heterocycles. The average Bonchev–Trinajstić information content (AvgIpc) is 2.73. The molecule has 0 fully saturated rings. The molecule has 0 atom stereocenters. The molecular weight excluding hydrogens is 384 g/mol. The summed E-state index contributed by atoms with van der Waals surface area (Å²) in [6, 6.07) is 10.6. The molecule has 0 aliphatic carbocycles.